The van der Waals surface area contributed by atoms with Crippen LogP contribution in [0.15, 0.2) is 0 Å². The molecular weight excluding hydrogens is 214 g/mol. The van der Waals surface area contributed by atoms with Gasteiger partial charge < -0.3 is 15.2 Å². The van der Waals surface area contributed by atoms with E-state index in [2.05, 4.69) is 0 Å². The molecule has 1 atom stereocenters. The van der Waals surface area contributed by atoms with Crippen LogP contribution >= 0.6 is 0 Å². The highest BCUT2D eigenvalue weighted by Gasteiger charge is 2.14. The minimum atomic E-state index is -0.878. The molecule has 5 heteroatoms. The van der Waals surface area contributed by atoms with Crippen LogP contribution in [-0.4, -0.2) is 48.2 Å². The molecule has 0 aliphatic carbocycles. The van der Waals surface area contributed by atoms with Gasteiger partial charge in [-0.15, -0.1) is 0 Å². The molecule has 0 saturated heterocycles. The normalized spacial score (nSPS) is 14.1. The van der Waals surface area contributed by atoms with Gasteiger partial charge in [0.15, 0.2) is 0 Å². The van der Waals surface area contributed by atoms with Crippen molar-refractivity contribution >= 4 is 10.8 Å². The summed E-state index contributed by atoms with van der Waals surface area (Å²) >= 11 is 0. The Balaban J connectivity index is 3.32. The van der Waals surface area contributed by atoms with Gasteiger partial charge in [-0.1, -0.05) is 0 Å². The summed E-state index contributed by atoms with van der Waals surface area (Å²) in [4.78, 5) is 0. The van der Waals surface area contributed by atoms with Gasteiger partial charge in [-0.3, -0.25) is 4.21 Å². The molecule has 0 radical (unpaired) electrons. The van der Waals surface area contributed by atoms with Crippen LogP contribution in [0.4, 0.5) is 0 Å². The number of nitrogens with two attached hydrogens (primary N) is 1. The first-order valence-electron chi connectivity index (χ1n) is 5.16. The maximum Gasteiger partial charge on any atom is 0.0581 e. The van der Waals surface area contributed by atoms with Crippen molar-refractivity contribution in [2.75, 3.05) is 38.4 Å². The predicted octanol–water partition coefficient (Wildman–Crippen LogP) is 0.526. The third-order valence-electron chi connectivity index (χ3n) is 1.63. The average Bonchev–Trinajstić information content (AvgIpc) is 2.08. The van der Waals surface area contributed by atoms with Crippen molar-refractivity contribution in [1.82, 2.24) is 0 Å². The van der Waals surface area contributed by atoms with Crippen LogP contribution in [-0.2, 0) is 20.3 Å². The summed E-state index contributed by atoms with van der Waals surface area (Å²) in [7, 11) is 0.787. The van der Waals surface area contributed by atoms with Crippen LogP contribution in [0.3, 0.4) is 0 Å². The first-order chi connectivity index (χ1) is 6.95. The standard InChI is InChI=1S/C10H23NO3S/c1-10(2,11)9-15(12)8-7-14-6-4-5-13-3/h4-9,11H2,1-3H3. The monoisotopic (exact) mass is 237 g/mol. The summed E-state index contributed by atoms with van der Waals surface area (Å²) in [5.74, 6) is 1.09. The van der Waals surface area contributed by atoms with Gasteiger partial charge in [0.05, 0.1) is 6.61 Å². The van der Waals surface area contributed by atoms with E-state index in [1.165, 1.54) is 0 Å². The lowest BCUT2D eigenvalue weighted by Gasteiger charge is -2.17. The largest absolute Gasteiger partial charge is 0.385 e. The van der Waals surface area contributed by atoms with Crippen molar-refractivity contribution in [3.05, 3.63) is 0 Å². The van der Waals surface area contributed by atoms with Gasteiger partial charge >= 0.3 is 0 Å². The van der Waals surface area contributed by atoms with Gasteiger partial charge in [-0.05, 0) is 20.3 Å². The summed E-state index contributed by atoms with van der Waals surface area (Å²) in [6.07, 6.45) is 0.880. The second-order valence-electron chi connectivity index (χ2n) is 4.24. The summed E-state index contributed by atoms with van der Waals surface area (Å²) < 4.78 is 21.7. The van der Waals surface area contributed by atoms with Crippen LogP contribution in [0, 0.1) is 0 Å². The molecule has 0 heterocycles. The smallest absolute Gasteiger partial charge is 0.0581 e. The summed E-state index contributed by atoms with van der Waals surface area (Å²) in [6, 6.07) is 0. The molecular formula is C10H23NO3S. The quantitative estimate of drug-likeness (QED) is 0.594. The molecule has 4 nitrogen and oxygen atoms in total. The van der Waals surface area contributed by atoms with Crippen LogP contribution in [0.5, 0.6) is 0 Å². The Morgan fingerprint density at radius 3 is 2.47 bits per heavy atom. The molecule has 92 valence electrons. The van der Waals surface area contributed by atoms with E-state index < -0.39 is 10.8 Å². The third kappa shape index (κ3) is 12.0. The number of rotatable bonds is 9. The molecule has 0 aromatic heterocycles. The highest BCUT2D eigenvalue weighted by atomic mass is 32.2. The lowest BCUT2D eigenvalue weighted by atomic mass is 10.1. The fourth-order valence-corrected chi connectivity index (χ4v) is 2.32. The maximum atomic E-state index is 11.5. The molecule has 0 rings (SSSR count). The molecule has 0 spiro atoms. The predicted molar refractivity (Wildman–Crippen MR) is 63.5 cm³/mol. The molecule has 2 N–H and O–H groups in total. The van der Waals surface area contributed by atoms with Crippen molar-refractivity contribution in [2.45, 2.75) is 25.8 Å². The Morgan fingerprint density at radius 2 is 1.93 bits per heavy atom. The van der Waals surface area contributed by atoms with Gasteiger partial charge in [-0.25, -0.2) is 0 Å². The van der Waals surface area contributed by atoms with Crippen LogP contribution in [0.1, 0.15) is 20.3 Å². The lowest BCUT2D eigenvalue weighted by Crippen LogP contribution is -2.38. The molecule has 0 amide bonds. The van der Waals surface area contributed by atoms with Gasteiger partial charge in [0.1, 0.15) is 0 Å². The second kappa shape index (κ2) is 8.21. The highest BCUT2D eigenvalue weighted by Crippen LogP contribution is 2.00. The second-order valence-corrected chi connectivity index (χ2v) is 5.81. The Morgan fingerprint density at radius 1 is 1.27 bits per heavy atom. The Bertz CT molecular complexity index is 180. The van der Waals surface area contributed by atoms with Gasteiger partial charge in [0.2, 0.25) is 0 Å². The van der Waals surface area contributed by atoms with Crippen molar-refractivity contribution in [1.29, 1.82) is 0 Å². The summed E-state index contributed by atoms with van der Waals surface area (Å²) in [6.45, 7) is 5.66. The fourth-order valence-electron chi connectivity index (χ4n) is 1.05. The molecule has 0 fully saturated rings. The molecule has 0 saturated carbocycles. The van der Waals surface area contributed by atoms with Crippen LogP contribution in [0.2, 0.25) is 0 Å². The first kappa shape index (κ1) is 15.0. The van der Waals surface area contributed by atoms with E-state index in [-0.39, 0.29) is 5.54 Å². The summed E-state index contributed by atoms with van der Waals surface area (Å²) in [5, 5.41) is 0. The fraction of sp³-hybridized carbons (Fsp3) is 1.00. The van der Waals surface area contributed by atoms with E-state index in [1.807, 2.05) is 13.8 Å². The Kier molecular flexibility index (Phi) is 8.23. The minimum absolute atomic E-state index is 0.360. The van der Waals surface area contributed by atoms with E-state index >= 15 is 0 Å². The molecule has 0 aliphatic rings. The van der Waals surface area contributed by atoms with E-state index in [0.717, 1.165) is 6.42 Å². The Labute approximate surface area is 95.0 Å². The number of hydrogen-bond donors (Lipinski definition) is 1. The van der Waals surface area contributed by atoms with Crippen molar-refractivity contribution in [3.63, 3.8) is 0 Å². The van der Waals surface area contributed by atoms with Crippen molar-refractivity contribution in [3.8, 4) is 0 Å². The maximum absolute atomic E-state index is 11.5. The van der Waals surface area contributed by atoms with Gasteiger partial charge in [0.25, 0.3) is 0 Å². The van der Waals surface area contributed by atoms with E-state index in [0.29, 0.717) is 31.3 Å². The SMILES string of the molecule is COCCCOCCS(=O)CC(C)(C)N. The molecule has 1 unspecified atom stereocenters. The van der Waals surface area contributed by atoms with Crippen molar-refractivity contribution in [2.24, 2.45) is 5.73 Å². The summed E-state index contributed by atoms with van der Waals surface area (Å²) in [5.41, 5.74) is 5.40. The number of hydrogen-bond acceptors (Lipinski definition) is 4. The zero-order valence-electron chi connectivity index (χ0n) is 9.95. The zero-order chi connectivity index (χ0) is 11.7. The molecule has 0 aromatic rings. The van der Waals surface area contributed by atoms with E-state index in [9.17, 15) is 4.21 Å². The number of methoxy groups -OCH3 is 1. The average molecular weight is 237 g/mol. The van der Waals surface area contributed by atoms with E-state index in [4.69, 9.17) is 15.2 Å². The number of ether oxygens (including phenoxy) is 2. The first-order valence-corrected chi connectivity index (χ1v) is 6.65. The lowest BCUT2D eigenvalue weighted by molar-refractivity contribution is 0.112. The topological polar surface area (TPSA) is 61.5 Å². The highest BCUT2D eigenvalue weighted by molar-refractivity contribution is 7.85. The Hall–Kier alpha value is 0.0300. The van der Waals surface area contributed by atoms with Crippen molar-refractivity contribution < 1.29 is 13.7 Å². The van der Waals surface area contributed by atoms with Crippen LogP contribution in [0.25, 0.3) is 0 Å². The van der Waals surface area contributed by atoms with Gasteiger partial charge in [-0.2, -0.15) is 0 Å². The molecule has 0 bridgehead atoms. The molecule has 0 aliphatic heterocycles. The zero-order valence-corrected chi connectivity index (χ0v) is 10.8. The minimum Gasteiger partial charge on any atom is -0.385 e. The van der Waals surface area contributed by atoms with Crippen LogP contribution < -0.4 is 5.73 Å². The van der Waals surface area contributed by atoms with Gasteiger partial charge in [0, 0.05) is 48.2 Å². The van der Waals surface area contributed by atoms with E-state index in [1.54, 1.807) is 7.11 Å². The third-order valence-corrected chi connectivity index (χ3v) is 3.31. The molecule has 0 aromatic carbocycles. The molecule has 15 heavy (non-hydrogen) atoms.